The molecule has 0 amide bonds. The Balaban J connectivity index is 2.98. The Morgan fingerprint density at radius 3 is 2.42 bits per heavy atom. The zero-order valence-electron chi connectivity index (χ0n) is 9.78. The summed E-state index contributed by atoms with van der Waals surface area (Å²) in [7, 11) is 1.07. The van der Waals surface area contributed by atoms with Crippen molar-refractivity contribution in [1.29, 1.82) is 0 Å². The fourth-order valence-electron chi connectivity index (χ4n) is 1.99. The van der Waals surface area contributed by atoms with E-state index in [4.69, 9.17) is 5.11 Å². The molecule has 0 saturated heterocycles. The molecule has 0 saturated carbocycles. The Kier molecular flexibility index (Phi) is 3.09. The van der Waals surface area contributed by atoms with Gasteiger partial charge in [-0.15, -0.1) is 0 Å². The molecule has 1 N–H and O–H groups in total. The van der Waals surface area contributed by atoms with E-state index in [1.54, 1.807) is 6.07 Å². The third kappa shape index (κ3) is 2.21. The Hall–Kier alpha value is -2.24. The highest BCUT2D eigenvalue weighted by Crippen LogP contribution is 2.42. The van der Waals surface area contributed by atoms with Crippen LogP contribution in [0.1, 0.15) is 15.9 Å². The highest BCUT2D eigenvalue weighted by atomic mass is 19.4. The normalized spacial score (nSPS) is 11.6. The van der Waals surface area contributed by atoms with Crippen molar-refractivity contribution < 1.29 is 27.8 Å². The predicted molar refractivity (Wildman–Crippen MR) is 62.5 cm³/mol. The molecule has 0 aliphatic heterocycles. The van der Waals surface area contributed by atoms with Crippen LogP contribution in [0.5, 0.6) is 5.75 Å². The second kappa shape index (κ2) is 4.46. The standard InChI is InChI=1S/C13H9F3O3/c1-19-9-6-7-4-2-3-5-8(7)10(12(17)18)11(9)13(14,15)16/h2-6H,1H3,(H,17,18). The van der Waals surface area contributed by atoms with E-state index >= 15 is 0 Å². The molecule has 19 heavy (non-hydrogen) atoms. The van der Waals surface area contributed by atoms with E-state index in [9.17, 15) is 18.0 Å². The average Bonchev–Trinajstić information content (AvgIpc) is 2.34. The molecule has 100 valence electrons. The third-order valence-electron chi connectivity index (χ3n) is 2.73. The lowest BCUT2D eigenvalue weighted by atomic mass is 9.97. The molecule has 0 aliphatic rings. The summed E-state index contributed by atoms with van der Waals surface area (Å²) >= 11 is 0. The van der Waals surface area contributed by atoms with E-state index in [1.165, 1.54) is 24.3 Å². The Labute approximate surface area is 106 Å². The van der Waals surface area contributed by atoms with Gasteiger partial charge in [0.05, 0.1) is 12.7 Å². The maximum atomic E-state index is 13.0. The monoisotopic (exact) mass is 270 g/mol. The third-order valence-corrected chi connectivity index (χ3v) is 2.73. The van der Waals surface area contributed by atoms with Crippen molar-refractivity contribution in [2.75, 3.05) is 7.11 Å². The minimum atomic E-state index is -4.80. The molecular weight excluding hydrogens is 261 g/mol. The first-order chi connectivity index (χ1) is 8.86. The van der Waals surface area contributed by atoms with Crippen molar-refractivity contribution in [3.63, 3.8) is 0 Å². The molecule has 0 heterocycles. The minimum Gasteiger partial charge on any atom is -0.496 e. The molecular formula is C13H9F3O3. The number of ether oxygens (including phenoxy) is 1. The van der Waals surface area contributed by atoms with Gasteiger partial charge in [0.15, 0.2) is 0 Å². The molecule has 0 atom stereocenters. The molecule has 0 radical (unpaired) electrons. The Bertz CT molecular complexity index is 647. The number of benzene rings is 2. The number of fused-ring (bicyclic) bond motifs is 1. The molecule has 2 aromatic carbocycles. The van der Waals surface area contributed by atoms with Crippen molar-refractivity contribution in [3.05, 3.63) is 41.5 Å². The van der Waals surface area contributed by atoms with Crippen LogP contribution in [-0.4, -0.2) is 18.2 Å². The number of alkyl halides is 3. The largest absolute Gasteiger partial charge is 0.496 e. The van der Waals surface area contributed by atoms with Crippen LogP contribution in [0, 0.1) is 0 Å². The summed E-state index contributed by atoms with van der Waals surface area (Å²) in [6.45, 7) is 0. The summed E-state index contributed by atoms with van der Waals surface area (Å²) in [6, 6.07) is 7.16. The molecule has 6 heteroatoms. The van der Waals surface area contributed by atoms with E-state index in [-0.39, 0.29) is 5.39 Å². The molecule has 2 aromatic rings. The predicted octanol–water partition coefficient (Wildman–Crippen LogP) is 3.57. The van der Waals surface area contributed by atoms with Crippen molar-refractivity contribution in [1.82, 2.24) is 0 Å². The highest BCUT2D eigenvalue weighted by Gasteiger charge is 2.40. The van der Waals surface area contributed by atoms with Crippen LogP contribution in [0.25, 0.3) is 10.8 Å². The van der Waals surface area contributed by atoms with Crippen LogP contribution in [0.4, 0.5) is 13.2 Å². The Morgan fingerprint density at radius 2 is 1.89 bits per heavy atom. The van der Waals surface area contributed by atoms with E-state index in [1.807, 2.05) is 0 Å². The second-order valence-electron chi connectivity index (χ2n) is 3.85. The molecule has 0 unspecified atom stereocenters. The highest BCUT2D eigenvalue weighted by molar-refractivity contribution is 6.06. The number of carbonyl (C=O) groups is 1. The van der Waals surface area contributed by atoms with Crippen molar-refractivity contribution >= 4 is 16.7 Å². The van der Waals surface area contributed by atoms with E-state index in [0.29, 0.717) is 5.39 Å². The van der Waals surface area contributed by atoms with Crippen molar-refractivity contribution in [2.24, 2.45) is 0 Å². The number of hydrogen-bond acceptors (Lipinski definition) is 2. The van der Waals surface area contributed by atoms with E-state index < -0.39 is 29.0 Å². The number of carboxylic acid groups (broad SMARTS) is 1. The molecule has 0 spiro atoms. The fourth-order valence-corrected chi connectivity index (χ4v) is 1.99. The van der Waals surface area contributed by atoms with Crippen LogP contribution in [0.15, 0.2) is 30.3 Å². The van der Waals surface area contributed by atoms with E-state index in [2.05, 4.69) is 4.74 Å². The van der Waals surface area contributed by atoms with Gasteiger partial charge in [0, 0.05) is 0 Å². The molecule has 3 nitrogen and oxygen atoms in total. The number of aromatic carboxylic acids is 1. The lowest BCUT2D eigenvalue weighted by Crippen LogP contribution is -2.15. The number of carboxylic acids is 1. The first kappa shape index (κ1) is 13.2. The van der Waals surface area contributed by atoms with Gasteiger partial charge in [0.2, 0.25) is 0 Å². The first-order valence-electron chi connectivity index (χ1n) is 5.26. The summed E-state index contributed by atoms with van der Waals surface area (Å²) in [5.41, 5.74) is -2.05. The van der Waals surface area contributed by atoms with E-state index in [0.717, 1.165) is 7.11 Å². The summed E-state index contributed by atoms with van der Waals surface area (Å²) < 4.78 is 43.8. The quantitative estimate of drug-likeness (QED) is 0.907. The van der Waals surface area contributed by atoms with Crippen LogP contribution in [0.2, 0.25) is 0 Å². The van der Waals surface area contributed by atoms with Gasteiger partial charge < -0.3 is 9.84 Å². The smallest absolute Gasteiger partial charge is 0.420 e. The first-order valence-corrected chi connectivity index (χ1v) is 5.26. The van der Waals surface area contributed by atoms with Gasteiger partial charge in [-0.3, -0.25) is 0 Å². The van der Waals surface area contributed by atoms with Crippen LogP contribution in [-0.2, 0) is 6.18 Å². The Morgan fingerprint density at radius 1 is 1.26 bits per heavy atom. The lowest BCUT2D eigenvalue weighted by molar-refractivity contribution is -0.139. The van der Waals surface area contributed by atoms with Crippen molar-refractivity contribution in [2.45, 2.75) is 6.18 Å². The molecule has 2 rings (SSSR count). The molecule has 0 bridgehead atoms. The van der Waals surface area contributed by atoms with Gasteiger partial charge in [-0.25, -0.2) is 4.79 Å². The number of halogens is 3. The molecule has 0 fully saturated rings. The SMILES string of the molecule is COc1cc2ccccc2c(C(=O)O)c1C(F)(F)F. The van der Waals surface area contributed by atoms with Gasteiger partial charge in [0.25, 0.3) is 0 Å². The van der Waals surface area contributed by atoms with Crippen LogP contribution >= 0.6 is 0 Å². The summed E-state index contributed by atoms with van der Waals surface area (Å²) in [6.07, 6.45) is -4.80. The zero-order valence-corrected chi connectivity index (χ0v) is 9.78. The molecule has 0 aliphatic carbocycles. The van der Waals surface area contributed by atoms with Gasteiger partial charge >= 0.3 is 12.1 Å². The maximum absolute atomic E-state index is 13.0. The maximum Gasteiger partial charge on any atom is 0.420 e. The van der Waals surface area contributed by atoms with Crippen LogP contribution in [0.3, 0.4) is 0 Å². The topological polar surface area (TPSA) is 46.5 Å². The zero-order chi connectivity index (χ0) is 14.2. The summed E-state index contributed by atoms with van der Waals surface area (Å²) in [4.78, 5) is 11.2. The summed E-state index contributed by atoms with van der Waals surface area (Å²) in [5.74, 6) is -2.13. The average molecular weight is 270 g/mol. The van der Waals surface area contributed by atoms with Crippen LogP contribution < -0.4 is 4.74 Å². The van der Waals surface area contributed by atoms with Crippen molar-refractivity contribution in [3.8, 4) is 5.75 Å². The lowest BCUT2D eigenvalue weighted by Gasteiger charge is -2.16. The fraction of sp³-hybridized carbons (Fsp3) is 0.154. The number of rotatable bonds is 2. The number of methoxy groups -OCH3 is 1. The van der Waals surface area contributed by atoms with Gasteiger partial charge in [-0.05, 0) is 16.8 Å². The van der Waals surface area contributed by atoms with Gasteiger partial charge in [-0.2, -0.15) is 13.2 Å². The van der Waals surface area contributed by atoms with Gasteiger partial charge in [0.1, 0.15) is 11.3 Å². The summed E-state index contributed by atoms with van der Waals surface area (Å²) in [5, 5.41) is 9.50. The van der Waals surface area contributed by atoms with Gasteiger partial charge in [-0.1, -0.05) is 24.3 Å². The number of hydrogen-bond donors (Lipinski definition) is 1. The molecule has 0 aromatic heterocycles. The second-order valence-corrected chi connectivity index (χ2v) is 3.85. The minimum absolute atomic E-state index is 0.0307.